The van der Waals surface area contributed by atoms with Crippen molar-refractivity contribution < 1.29 is 45.6 Å². The number of hydrogen-bond acceptors (Lipinski definition) is 18. The summed E-state index contributed by atoms with van der Waals surface area (Å²) in [6.07, 6.45) is 7.85. The third-order valence-corrected chi connectivity index (χ3v) is 18.9. The number of fused-ring (bicyclic) bond motifs is 2. The van der Waals surface area contributed by atoms with Crippen molar-refractivity contribution in [3.8, 4) is 5.75 Å². The second kappa shape index (κ2) is 26.3. The first-order chi connectivity index (χ1) is 39.8. The van der Waals surface area contributed by atoms with E-state index in [2.05, 4.69) is 103 Å². The van der Waals surface area contributed by atoms with Crippen LogP contribution in [-0.2, 0) is 42.6 Å². The van der Waals surface area contributed by atoms with Crippen LogP contribution in [0.25, 0.3) is 0 Å². The number of nitrogens with one attached hydrogen (secondary N) is 3. The molecule has 6 aliphatic rings. The van der Waals surface area contributed by atoms with Gasteiger partial charge in [0.25, 0.3) is 5.69 Å². The summed E-state index contributed by atoms with van der Waals surface area (Å²) in [5, 5.41) is 23.4. The van der Waals surface area contributed by atoms with Crippen LogP contribution in [-0.4, -0.2) is 185 Å². The normalized spacial score (nSPS) is 21.7. The van der Waals surface area contributed by atoms with Gasteiger partial charge in [0.1, 0.15) is 5.75 Å². The molecule has 1 amide bonds. The van der Waals surface area contributed by atoms with Crippen molar-refractivity contribution in [3.63, 3.8) is 0 Å². The molecule has 6 fully saturated rings. The fourth-order valence-corrected chi connectivity index (χ4v) is 13.1. The highest BCUT2D eigenvalue weighted by molar-refractivity contribution is 7.92. The number of hydrogen-bond donors (Lipinski definition) is 3. The minimum absolute atomic E-state index is 0.0388. The number of nitro benzene ring substituents is 1. The summed E-state index contributed by atoms with van der Waals surface area (Å²) in [7, 11) is -2.55. The second-order valence-corrected chi connectivity index (χ2v) is 27.7. The van der Waals surface area contributed by atoms with Crippen molar-refractivity contribution in [1.29, 1.82) is 0 Å². The Morgan fingerprint density at radius 3 is 1.56 bits per heavy atom. The van der Waals surface area contributed by atoms with E-state index in [0.29, 0.717) is 36.8 Å². The quantitative estimate of drug-likeness (QED) is 0.0736. The van der Waals surface area contributed by atoms with Crippen LogP contribution < -0.4 is 29.3 Å². The minimum atomic E-state index is -3.50. The van der Waals surface area contributed by atoms with Gasteiger partial charge in [-0.2, -0.15) is 9.36 Å². The van der Waals surface area contributed by atoms with Crippen LogP contribution in [0.1, 0.15) is 50.7 Å². The highest BCUT2D eigenvalue weighted by Crippen LogP contribution is 2.39. The predicted molar refractivity (Wildman–Crippen MR) is 322 cm³/mol. The summed E-state index contributed by atoms with van der Waals surface area (Å²) in [5.41, 5.74) is 4.97. The standard InChI is InChI=1S/C25H35ClN6O4S.C20H30ClN3O.C11H10N4O6S/c1-25(7-10-30(11-8-25)24(33)32-9-6-23(27-32)28-37(3,34)35)29(2)13-18-4-5-21(26)22(12-18)31-14-19-16-36-17-20(19)15-31;1-20(5-7-22-8-6-20)23(2)10-15-3-4-18(21)19(9-15)24-11-16-13-25-14-17(16)12-24;1-22(19,20)13-10-6-7-14(12-10)11(16)21-9-4-2-8(3-5-9)15(17)18/h4-6,9,12,19-20H,7-8,10-11,13-17H2,1-3H3,(H,27,28);3-4,9,16-17,22H,5-8,10-14H2,1-2H3;2-7H,1H3,(H,12,13). The highest BCUT2D eigenvalue weighted by atomic mass is 35.5. The van der Waals surface area contributed by atoms with Crippen molar-refractivity contribution in [2.24, 2.45) is 23.7 Å². The monoisotopic (exact) mass is 1240 g/mol. The van der Waals surface area contributed by atoms with E-state index >= 15 is 0 Å². The number of likely N-dealkylation sites (tertiary alicyclic amines) is 1. The Bertz CT molecular complexity index is 3350. The van der Waals surface area contributed by atoms with Crippen LogP contribution in [0.4, 0.5) is 38.3 Å². The van der Waals surface area contributed by atoms with Crippen LogP contribution in [0.5, 0.6) is 5.75 Å². The van der Waals surface area contributed by atoms with Crippen molar-refractivity contribution in [1.82, 2.24) is 39.6 Å². The lowest BCUT2D eigenvalue weighted by Crippen LogP contribution is -2.53. The molecule has 4 atom stereocenters. The van der Waals surface area contributed by atoms with Gasteiger partial charge in [0.05, 0.1) is 65.3 Å². The third-order valence-electron chi connectivity index (χ3n) is 17.1. The number of non-ortho nitro benzene ring substituents is 1. The van der Waals surface area contributed by atoms with Gasteiger partial charge in [-0.25, -0.2) is 26.4 Å². The first-order valence-corrected chi connectivity index (χ1v) is 32.5. The number of nitro groups is 1. The number of ether oxygens (including phenoxy) is 3. The number of carbonyl (C=O) groups is 2. The molecule has 28 heteroatoms. The zero-order valence-electron chi connectivity index (χ0n) is 48.2. The Morgan fingerprint density at radius 1 is 0.690 bits per heavy atom. The van der Waals surface area contributed by atoms with Gasteiger partial charge in [-0.05, 0) is 114 Å². The molecule has 84 heavy (non-hydrogen) atoms. The van der Waals surface area contributed by atoms with E-state index in [1.807, 2.05) is 6.07 Å². The summed E-state index contributed by atoms with van der Waals surface area (Å²) < 4.78 is 67.4. The van der Waals surface area contributed by atoms with E-state index in [1.165, 1.54) is 83.1 Å². The zero-order chi connectivity index (χ0) is 60.1. The number of nitrogens with zero attached hydrogens (tertiary/aromatic N) is 10. The highest BCUT2D eigenvalue weighted by Gasteiger charge is 2.40. The number of piperidine rings is 2. The molecule has 3 aromatic carbocycles. The van der Waals surface area contributed by atoms with Gasteiger partial charge in [0.2, 0.25) is 20.0 Å². The average molecular weight is 1240 g/mol. The minimum Gasteiger partial charge on any atom is -0.409 e. The molecule has 3 N–H and O–H groups in total. The number of amides is 1. The Morgan fingerprint density at radius 2 is 1.12 bits per heavy atom. The van der Waals surface area contributed by atoms with E-state index in [4.69, 9.17) is 37.4 Å². The third kappa shape index (κ3) is 15.9. The Balaban J connectivity index is 0.000000158. The first kappa shape index (κ1) is 62.4. The fraction of sp³-hybridized carbons (Fsp3) is 0.536. The van der Waals surface area contributed by atoms with Crippen LogP contribution in [0, 0.1) is 33.8 Å². The molecule has 0 aliphatic carbocycles. The summed E-state index contributed by atoms with van der Waals surface area (Å²) >= 11 is 13.2. The molecule has 0 radical (unpaired) electrons. The molecule has 0 bridgehead atoms. The summed E-state index contributed by atoms with van der Waals surface area (Å²) in [5.74, 6) is 2.72. The van der Waals surface area contributed by atoms with E-state index < -0.39 is 31.1 Å². The predicted octanol–water partition coefficient (Wildman–Crippen LogP) is 7.15. The molecular weight excluding hydrogens is 1170 g/mol. The number of carbonyl (C=O) groups excluding carboxylic acids is 2. The zero-order valence-corrected chi connectivity index (χ0v) is 51.3. The summed E-state index contributed by atoms with van der Waals surface area (Å²) in [4.78, 5) is 46.2. The van der Waals surface area contributed by atoms with Crippen molar-refractivity contribution in [3.05, 3.63) is 116 Å². The van der Waals surface area contributed by atoms with Gasteiger partial charge in [0.15, 0.2) is 11.6 Å². The average Bonchev–Trinajstić information content (AvgIpc) is 2.71. The molecule has 456 valence electrons. The topological polar surface area (TPSA) is 261 Å². The molecule has 6 aliphatic heterocycles. The molecule has 0 saturated carbocycles. The maximum Gasteiger partial charge on any atom is 0.440 e. The molecule has 11 rings (SSSR count). The van der Waals surface area contributed by atoms with Crippen LogP contribution in [0.2, 0.25) is 10.0 Å². The van der Waals surface area contributed by atoms with Gasteiger partial charge < -0.3 is 34.2 Å². The van der Waals surface area contributed by atoms with E-state index in [0.717, 1.165) is 125 Å². The smallest absolute Gasteiger partial charge is 0.409 e. The number of sulfonamides is 2. The number of halogens is 2. The number of benzene rings is 3. The second-order valence-electron chi connectivity index (χ2n) is 23.4. The Hall–Kier alpha value is -6.10. The Labute approximate surface area is 500 Å². The van der Waals surface area contributed by atoms with Gasteiger partial charge in [-0.3, -0.25) is 29.4 Å². The molecule has 5 aromatic rings. The van der Waals surface area contributed by atoms with Gasteiger partial charge in [-0.1, -0.05) is 35.3 Å². The molecule has 2 aromatic heterocycles. The Kier molecular flexibility index (Phi) is 19.5. The molecular formula is C56H75Cl2N13O11S2. The van der Waals surface area contributed by atoms with E-state index in [-0.39, 0.29) is 40.2 Å². The van der Waals surface area contributed by atoms with Crippen LogP contribution in [0.3, 0.4) is 0 Å². The first-order valence-electron chi connectivity index (χ1n) is 28.0. The maximum absolute atomic E-state index is 12.9. The lowest BCUT2D eigenvalue weighted by molar-refractivity contribution is -0.384. The van der Waals surface area contributed by atoms with E-state index in [1.54, 1.807) is 4.90 Å². The number of aromatic nitrogens is 4. The molecule has 24 nitrogen and oxygen atoms in total. The SMILES string of the molecule is CN(Cc1ccc(Cl)c(N2CC3COCC3C2)c1)C1(C)CCN(C(=O)n2ccc(NS(C)(=O)=O)n2)CC1.CN(Cc1ccc(Cl)c(N2CC3COCC3C2)c1)C1(C)CCNCC1.CS(=O)(=O)Nc1ccn(C(=O)Oc2ccc([N+](=O)[O-])cc2)n1. The van der Waals surface area contributed by atoms with Crippen molar-refractivity contribution in [2.75, 3.05) is 125 Å². The molecule has 8 heterocycles. The molecule has 0 spiro atoms. The molecule has 6 saturated heterocycles. The lowest BCUT2D eigenvalue weighted by atomic mass is 9.87. The summed E-state index contributed by atoms with van der Waals surface area (Å²) in [6.45, 7) is 17.5. The van der Waals surface area contributed by atoms with Crippen molar-refractivity contribution >= 4 is 84.1 Å². The molecule has 4 unspecified atom stereocenters. The van der Waals surface area contributed by atoms with Gasteiger partial charge >= 0.3 is 12.1 Å². The lowest BCUT2D eigenvalue weighted by Gasteiger charge is -2.45. The van der Waals surface area contributed by atoms with Crippen LogP contribution >= 0.6 is 23.2 Å². The fourth-order valence-electron chi connectivity index (χ4n) is 11.7. The van der Waals surface area contributed by atoms with Crippen molar-refractivity contribution in [2.45, 2.75) is 63.7 Å². The largest absolute Gasteiger partial charge is 0.440 e. The van der Waals surface area contributed by atoms with E-state index in [9.17, 15) is 36.5 Å². The summed E-state index contributed by atoms with van der Waals surface area (Å²) in [6, 6.07) is 20.3. The number of anilines is 4. The van der Waals surface area contributed by atoms with Gasteiger partial charge in [-0.15, -0.1) is 10.2 Å². The maximum atomic E-state index is 12.9. The number of rotatable bonds is 14. The van der Waals surface area contributed by atoms with Crippen LogP contribution in [0.15, 0.2) is 85.2 Å². The van der Waals surface area contributed by atoms with Gasteiger partial charge in [0, 0.05) is 124 Å².